The normalized spacial score (nSPS) is 8.82. The Labute approximate surface area is 62.3 Å². The number of nitro groups is 1. The molecule has 0 N–H and O–H groups in total. The van der Waals surface area contributed by atoms with Crippen LogP contribution in [0.1, 0.15) is 6.42 Å². The molecule has 0 aromatic heterocycles. The van der Waals surface area contributed by atoms with E-state index in [1.807, 2.05) is 0 Å². The average molecular weight is 161 g/mol. The van der Waals surface area contributed by atoms with E-state index in [0.717, 1.165) is 7.11 Å². The lowest BCUT2D eigenvalue weighted by molar-refractivity contribution is -0.467. The van der Waals surface area contributed by atoms with Gasteiger partial charge < -0.3 is 4.74 Å². The summed E-state index contributed by atoms with van der Waals surface area (Å²) in [6.45, 7) is -0.824. The number of rotatable bonds is 4. The highest BCUT2D eigenvalue weighted by Crippen LogP contribution is 1.86. The number of Topliss-reactive ketones (excluding diaryl/α,β-unsaturated/α-hetero) is 1. The molecule has 6 heteroatoms. The van der Waals surface area contributed by atoms with Gasteiger partial charge in [0.2, 0.25) is 5.78 Å². The van der Waals surface area contributed by atoms with Crippen molar-refractivity contribution in [2.45, 2.75) is 6.42 Å². The summed E-state index contributed by atoms with van der Waals surface area (Å²) in [6.07, 6.45) is -0.530. The number of hydrogen-bond acceptors (Lipinski definition) is 5. The van der Waals surface area contributed by atoms with Crippen LogP contribution < -0.4 is 0 Å². The van der Waals surface area contributed by atoms with Gasteiger partial charge in [-0.05, 0) is 0 Å². The van der Waals surface area contributed by atoms with E-state index in [0.29, 0.717) is 0 Å². The molecule has 0 spiro atoms. The van der Waals surface area contributed by atoms with Crippen molar-refractivity contribution in [2.75, 3.05) is 13.7 Å². The van der Waals surface area contributed by atoms with Crippen molar-refractivity contribution < 1.29 is 19.2 Å². The van der Waals surface area contributed by atoms with Crippen molar-refractivity contribution in [3.05, 3.63) is 10.1 Å². The number of esters is 1. The molecule has 11 heavy (non-hydrogen) atoms. The molecule has 0 heterocycles. The smallest absolute Gasteiger partial charge is 0.313 e. The van der Waals surface area contributed by atoms with Crippen LogP contribution in [-0.2, 0) is 14.3 Å². The summed E-state index contributed by atoms with van der Waals surface area (Å²) >= 11 is 0. The lowest BCUT2D eigenvalue weighted by Crippen LogP contribution is -2.17. The maximum Gasteiger partial charge on any atom is 0.313 e. The van der Waals surface area contributed by atoms with Gasteiger partial charge in [0.15, 0.2) is 0 Å². The topological polar surface area (TPSA) is 86.5 Å². The highest BCUT2D eigenvalue weighted by molar-refractivity contribution is 5.95. The SMILES string of the molecule is COC(=O)CC(=O)C[N+](=O)[O-]. The van der Waals surface area contributed by atoms with Crippen LogP contribution in [0.25, 0.3) is 0 Å². The number of carbonyl (C=O) groups is 2. The van der Waals surface area contributed by atoms with Gasteiger partial charge in [-0.1, -0.05) is 0 Å². The zero-order valence-electron chi connectivity index (χ0n) is 5.90. The van der Waals surface area contributed by atoms with Crippen molar-refractivity contribution in [2.24, 2.45) is 0 Å². The zero-order chi connectivity index (χ0) is 8.85. The van der Waals surface area contributed by atoms with Crippen molar-refractivity contribution in [3.63, 3.8) is 0 Å². The van der Waals surface area contributed by atoms with Crippen molar-refractivity contribution >= 4 is 11.8 Å². The largest absolute Gasteiger partial charge is 0.469 e. The molecule has 0 saturated heterocycles. The summed E-state index contributed by atoms with van der Waals surface area (Å²) in [7, 11) is 1.11. The molecule has 0 fully saturated rings. The first-order chi connectivity index (χ1) is 5.06. The number of carbonyl (C=O) groups excluding carboxylic acids is 2. The second kappa shape index (κ2) is 4.37. The fraction of sp³-hybridized carbons (Fsp3) is 0.600. The van der Waals surface area contributed by atoms with Crippen LogP contribution in [0, 0.1) is 10.1 Å². The summed E-state index contributed by atoms with van der Waals surface area (Å²) in [4.78, 5) is 29.7. The number of ether oxygens (including phenoxy) is 1. The van der Waals surface area contributed by atoms with E-state index in [1.54, 1.807) is 0 Å². The van der Waals surface area contributed by atoms with E-state index >= 15 is 0 Å². The van der Waals surface area contributed by atoms with E-state index in [9.17, 15) is 19.7 Å². The van der Waals surface area contributed by atoms with Gasteiger partial charge in [-0.15, -0.1) is 0 Å². The van der Waals surface area contributed by atoms with E-state index in [4.69, 9.17) is 0 Å². The molecule has 6 nitrogen and oxygen atoms in total. The molecule has 0 aliphatic heterocycles. The third-order valence-electron chi connectivity index (χ3n) is 0.875. The molecule has 0 atom stereocenters. The van der Waals surface area contributed by atoms with Crippen LogP contribution in [0.4, 0.5) is 0 Å². The Balaban J connectivity index is 3.70. The van der Waals surface area contributed by atoms with E-state index in [1.165, 1.54) is 0 Å². The maximum absolute atomic E-state index is 10.5. The van der Waals surface area contributed by atoms with E-state index < -0.39 is 29.6 Å². The monoisotopic (exact) mass is 161 g/mol. The Morgan fingerprint density at radius 1 is 1.55 bits per heavy atom. The van der Waals surface area contributed by atoms with Gasteiger partial charge in [-0.3, -0.25) is 19.7 Å². The fourth-order valence-electron chi connectivity index (χ4n) is 0.433. The Bertz CT molecular complexity index is 187. The number of ketones is 1. The average Bonchev–Trinajstić information content (AvgIpc) is 1.85. The number of nitrogens with zero attached hydrogens (tertiary/aromatic N) is 1. The first-order valence-electron chi connectivity index (χ1n) is 2.76. The molecule has 0 aromatic carbocycles. The van der Waals surface area contributed by atoms with Gasteiger partial charge in [0, 0.05) is 4.92 Å². The second-order valence-corrected chi connectivity index (χ2v) is 1.78. The third-order valence-corrected chi connectivity index (χ3v) is 0.875. The highest BCUT2D eigenvalue weighted by atomic mass is 16.6. The Hall–Kier alpha value is -1.46. The zero-order valence-corrected chi connectivity index (χ0v) is 5.90. The lowest BCUT2D eigenvalue weighted by atomic mass is 10.3. The Kier molecular flexibility index (Phi) is 3.79. The highest BCUT2D eigenvalue weighted by Gasteiger charge is 2.14. The predicted octanol–water partition coefficient (Wildman–Crippen LogP) is -0.605. The fourth-order valence-corrected chi connectivity index (χ4v) is 0.433. The van der Waals surface area contributed by atoms with Crippen LogP contribution in [0.3, 0.4) is 0 Å². The molecule has 0 unspecified atom stereocenters. The molecule has 0 rings (SSSR count). The molecular weight excluding hydrogens is 154 g/mol. The minimum Gasteiger partial charge on any atom is -0.469 e. The quantitative estimate of drug-likeness (QED) is 0.237. The number of hydrogen-bond donors (Lipinski definition) is 0. The van der Waals surface area contributed by atoms with E-state index in [2.05, 4.69) is 4.74 Å². The molecule has 0 aromatic rings. The molecule has 0 radical (unpaired) electrons. The third kappa shape index (κ3) is 5.01. The summed E-state index contributed by atoms with van der Waals surface area (Å²) in [5.74, 6) is -1.50. The minimum absolute atomic E-state index is 0.530. The lowest BCUT2D eigenvalue weighted by Gasteiger charge is -1.93. The van der Waals surface area contributed by atoms with Crippen molar-refractivity contribution in [3.8, 4) is 0 Å². The molecule has 0 amide bonds. The van der Waals surface area contributed by atoms with E-state index in [-0.39, 0.29) is 0 Å². The van der Waals surface area contributed by atoms with Gasteiger partial charge in [0.1, 0.15) is 6.42 Å². The van der Waals surface area contributed by atoms with Gasteiger partial charge in [-0.25, -0.2) is 0 Å². The van der Waals surface area contributed by atoms with Gasteiger partial charge in [-0.2, -0.15) is 0 Å². The first kappa shape index (κ1) is 9.54. The van der Waals surface area contributed by atoms with Crippen molar-refractivity contribution in [1.82, 2.24) is 0 Å². The molecule has 0 aliphatic carbocycles. The van der Waals surface area contributed by atoms with Crippen LogP contribution in [0.5, 0.6) is 0 Å². The summed E-state index contributed by atoms with van der Waals surface area (Å²) < 4.78 is 4.12. The molecule has 62 valence electrons. The van der Waals surface area contributed by atoms with Crippen LogP contribution in [0.15, 0.2) is 0 Å². The van der Waals surface area contributed by atoms with Crippen LogP contribution in [0.2, 0.25) is 0 Å². The summed E-state index contributed by atoms with van der Waals surface area (Å²) in [5.41, 5.74) is 0. The van der Waals surface area contributed by atoms with Gasteiger partial charge >= 0.3 is 5.97 Å². The number of methoxy groups -OCH3 is 1. The Morgan fingerprint density at radius 2 is 2.09 bits per heavy atom. The molecule has 0 bridgehead atoms. The standard InChI is InChI=1S/C5H7NO5/c1-11-5(8)2-4(7)3-6(9)10/h2-3H2,1H3. The van der Waals surface area contributed by atoms with Gasteiger partial charge in [0.25, 0.3) is 6.54 Å². The summed E-state index contributed by atoms with van der Waals surface area (Å²) in [6, 6.07) is 0. The minimum atomic E-state index is -0.824. The predicted molar refractivity (Wildman–Crippen MR) is 33.5 cm³/mol. The molecular formula is C5H7NO5. The van der Waals surface area contributed by atoms with Crippen LogP contribution >= 0.6 is 0 Å². The van der Waals surface area contributed by atoms with Crippen LogP contribution in [-0.4, -0.2) is 30.3 Å². The van der Waals surface area contributed by atoms with Crippen molar-refractivity contribution in [1.29, 1.82) is 0 Å². The molecule has 0 aliphatic rings. The Morgan fingerprint density at radius 3 is 2.45 bits per heavy atom. The summed E-state index contributed by atoms with van der Waals surface area (Å²) in [5, 5.41) is 9.71. The maximum atomic E-state index is 10.5. The first-order valence-corrected chi connectivity index (χ1v) is 2.76. The molecule has 0 saturated carbocycles. The van der Waals surface area contributed by atoms with Gasteiger partial charge in [0.05, 0.1) is 7.11 Å². The second-order valence-electron chi connectivity index (χ2n) is 1.78.